The summed E-state index contributed by atoms with van der Waals surface area (Å²) in [6, 6.07) is 0. The summed E-state index contributed by atoms with van der Waals surface area (Å²) in [6.07, 6.45) is 43.4. The Hall–Kier alpha value is -0.530. The molecule has 0 aromatic rings. The van der Waals surface area contributed by atoms with Gasteiger partial charge in [-0.25, -0.2) is 0 Å². The third-order valence-electron chi connectivity index (χ3n) is 8.79. The van der Waals surface area contributed by atoms with E-state index in [-0.39, 0.29) is 12.1 Å². The maximum absolute atomic E-state index is 12.6. The van der Waals surface area contributed by atoms with Crippen molar-refractivity contribution >= 4 is 5.97 Å². The number of esters is 1. The molecule has 2 nitrogen and oxygen atoms in total. The predicted molar refractivity (Wildman–Crippen MR) is 179 cm³/mol. The molecular weight excluding hydrogens is 488 g/mol. The Morgan fingerprint density at radius 3 is 0.925 bits per heavy atom. The SMILES string of the molecule is CCCCCCCCCCCCCCCCCC(=O)OC(CCCCCCCC)CCCCCCCCCCC. The molecule has 0 fully saturated rings. The minimum absolute atomic E-state index is 0.0709. The van der Waals surface area contributed by atoms with Gasteiger partial charge in [0.15, 0.2) is 0 Å². The zero-order valence-electron chi connectivity index (χ0n) is 28.2. The van der Waals surface area contributed by atoms with Crippen LogP contribution >= 0.6 is 0 Å². The van der Waals surface area contributed by atoms with Crippen LogP contribution in [0.1, 0.15) is 233 Å². The predicted octanol–water partition coefficient (Wildman–Crippen LogP) is 13.8. The number of carbonyl (C=O) groups excluding carboxylic acids is 1. The van der Waals surface area contributed by atoms with E-state index in [9.17, 15) is 4.79 Å². The van der Waals surface area contributed by atoms with Gasteiger partial charge in [-0.1, -0.05) is 194 Å². The minimum Gasteiger partial charge on any atom is -0.462 e. The maximum atomic E-state index is 12.6. The lowest BCUT2D eigenvalue weighted by atomic mass is 10.0. The molecule has 240 valence electrons. The van der Waals surface area contributed by atoms with Gasteiger partial charge in [-0.2, -0.15) is 0 Å². The first kappa shape index (κ1) is 39.5. The summed E-state index contributed by atoms with van der Waals surface area (Å²) < 4.78 is 6.03. The first-order valence-corrected chi connectivity index (χ1v) is 18.9. The average molecular weight is 565 g/mol. The smallest absolute Gasteiger partial charge is 0.306 e. The molecule has 0 N–H and O–H groups in total. The molecule has 0 radical (unpaired) electrons. The van der Waals surface area contributed by atoms with E-state index in [4.69, 9.17) is 4.74 Å². The lowest BCUT2D eigenvalue weighted by molar-refractivity contribution is -0.150. The molecular formula is C38H76O2. The van der Waals surface area contributed by atoms with Crippen LogP contribution in [0.2, 0.25) is 0 Å². The molecule has 0 spiro atoms. The van der Waals surface area contributed by atoms with Crippen LogP contribution in [0.4, 0.5) is 0 Å². The molecule has 1 atom stereocenters. The Balaban J connectivity index is 3.84. The Bertz CT molecular complexity index is 474. The van der Waals surface area contributed by atoms with E-state index in [1.807, 2.05) is 0 Å². The van der Waals surface area contributed by atoms with E-state index in [1.54, 1.807) is 0 Å². The van der Waals surface area contributed by atoms with Gasteiger partial charge in [0.05, 0.1) is 0 Å². The molecule has 40 heavy (non-hydrogen) atoms. The van der Waals surface area contributed by atoms with Crippen LogP contribution < -0.4 is 0 Å². The summed E-state index contributed by atoms with van der Waals surface area (Å²) in [7, 11) is 0. The molecule has 1 unspecified atom stereocenters. The summed E-state index contributed by atoms with van der Waals surface area (Å²) >= 11 is 0. The van der Waals surface area contributed by atoms with Crippen molar-refractivity contribution in [3.8, 4) is 0 Å². The molecule has 0 heterocycles. The number of carbonyl (C=O) groups is 1. The Morgan fingerprint density at radius 1 is 0.375 bits per heavy atom. The molecule has 0 aliphatic heterocycles. The number of unbranched alkanes of at least 4 members (excludes halogenated alkanes) is 27. The summed E-state index contributed by atoms with van der Waals surface area (Å²) in [4.78, 5) is 12.6. The van der Waals surface area contributed by atoms with Crippen molar-refractivity contribution < 1.29 is 9.53 Å². The minimum atomic E-state index is 0.0709. The van der Waals surface area contributed by atoms with Crippen LogP contribution in [0.3, 0.4) is 0 Å². The average Bonchev–Trinajstić information content (AvgIpc) is 2.95. The normalized spacial score (nSPS) is 12.2. The molecule has 2 heteroatoms. The van der Waals surface area contributed by atoms with Crippen LogP contribution in [0, 0.1) is 0 Å². The quantitative estimate of drug-likeness (QED) is 0.0574. The molecule has 0 bridgehead atoms. The van der Waals surface area contributed by atoms with E-state index >= 15 is 0 Å². The van der Waals surface area contributed by atoms with Crippen LogP contribution in [0.5, 0.6) is 0 Å². The first-order valence-electron chi connectivity index (χ1n) is 18.9. The van der Waals surface area contributed by atoms with Crippen molar-refractivity contribution in [1.82, 2.24) is 0 Å². The first-order chi connectivity index (χ1) is 19.7. The molecule has 0 saturated heterocycles. The summed E-state index contributed by atoms with van der Waals surface area (Å²) in [6.45, 7) is 6.86. The largest absolute Gasteiger partial charge is 0.462 e. The van der Waals surface area contributed by atoms with Crippen molar-refractivity contribution in [3.63, 3.8) is 0 Å². The number of hydrogen-bond acceptors (Lipinski definition) is 2. The van der Waals surface area contributed by atoms with Crippen LogP contribution in [-0.2, 0) is 9.53 Å². The lowest BCUT2D eigenvalue weighted by Gasteiger charge is -2.18. The Morgan fingerprint density at radius 2 is 0.625 bits per heavy atom. The number of hydrogen-bond donors (Lipinski definition) is 0. The molecule has 0 aromatic carbocycles. The Kier molecular flexibility index (Phi) is 34.2. The van der Waals surface area contributed by atoms with Gasteiger partial charge in [0.2, 0.25) is 0 Å². The highest BCUT2D eigenvalue weighted by molar-refractivity contribution is 5.69. The number of rotatable bonds is 34. The fourth-order valence-corrected chi connectivity index (χ4v) is 5.98. The van der Waals surface area contributed by atoms with E-state index in [0.29, 0.717) is 6.42 Å². The zero-order chi connectivity index (χ0) is 29.2. The van der Waals surface area contributed by atoms with Gasteiger partial charge >= 0.3 is 5.97 Å². The van der Waals surface area contributed by atoms with Crippen molar-refractivity contribution in [3.05, 3.63) is 0 Å². The van der Waals surface area contributed by atoms with Crippen molar-refractivity contribution in [1.29, 1.82) is 0 Å². The highest BCUT2D eigenvalue weighted by Crippen LogP contribution is 2.19. The second kappa shape index (κ2) is 34.7. The molecule has 0 rings (SSSR count). The number of ether oxygens (including phenoxy) is 1. The Labute approximate surface area is 254 Å². The maximum Gasteiger partial charge on any atom is 0.306 e. The molecule has 0 aliphatic rings. The summed E-state index contributed by atoms with van der Waals surface area (Å²) in [5.41, 5.74) is 0. The second-order valence-electron chi connectivity index (χ2n) is 13.0. The third kappa shape index (κ3) is 32.0. The molecule has 0 saturated carbocycles. The topological polar surface area (TPSA) is 26.3 Å². The van der Waals surface area contributed by atoms with Gasteiger partial charge in [0.25, 0.3) is 0 Å². The van der Waals surface area contributed by atoms with Crippen LogP contribution in [-0.4, -0.2) is 12.1 Å². The van der Waals surface area contributed by atoms with Gasteiger partial charge < -0.3 is 4.74 Å². The van der Waals surface area contributed by atoms with Crippen molar-refractivity contribution in [2.45, 2.75) is 239 Å². The van der Waals surface area contributed by atoms with E-state index < -0.39 is 0 Å². The van der Waals surface area contributed by atoms with Gasteiger partial charge in [-0.05, 0) is 32.1 Å². The lowest BCUT2D eigenvalue weighted by Crippen LogP contribution is -2.18. The fraction of sp³-hybridized carbons (Fsp3) is 0.974. The van der Waals surface area contributed by atoms with Gasteiger partial charge in [-0.3, -0.25) is 4.79 Å². The molecule has 0 aliphatic carbocycles. The highest BCUT2D eigenvalue weighted by Gasteiger charge is 2.14. The van der Waals surface area contributed by atoms with Crippen molar-refractivity contribution in [2.75, 3.05) is 0 Å². The second-order valence-corrected chi connectivity index (χ2v) is 13.0. The van der Waals surface area contributed by atoms with E-state index in [0.717, 1.165) is 19.3 Å². The third-order valence-corrected chi connectivity index (χ3v) is 8.79. The fourth-order valence-electron chi connectivity index (χ4n) is 5.98. The van der Waals surface area contributed by atoms with Crippen LogP contribution in [0.25, 0.3) is 0 Å². The molecule has 0 amide bonds. The van der Waals surface area contributed by atoms with E-state index in [1.165, 1.54) is 186 Å². The molecule has 0 aromatic heterocycles. The van der Waals surface area contributed by atoms with Gasteiger partial charge in [0, 0.05) is 6.42 Å². The standard InChI is InChI=1S/C38H76O2/c1-4-7-10-13-16-18-19-20-21-22-23-25-27-30-33-36-38(39)40-37(34-31-28-15-12-9-6-3)35-32-29-26-24-17-14-11-8-5-2/h37H,4-36H2,1-3H3. The highest BCUT2D eigenvalue weighted by atomic mass is 16.5. The van der Waals surface area contributed by atoms with Crippen molar-refractivity contribution in [2.24, 2.45) is 0 Å². The summed E-state index contributed by atoms with van der Waals surface area (Å²) in [5, 5.41) is 0. The van der Waals surface area contributed by atoms with Gasteiger partial charge in [-0.15, -0.1) is 0 Å². The van der Waals surface area contributed by atoms with Crippen LogP contribution in [0.15, 0.2) is 0 Å². The van der Waals surface area contributed by atoms with E-state index in [2.05, 4.69) is 20.8 Å². The summed E-state index contributed by atoms with van der Waals surface area (Å²) in [5.74, 6) is 0.0709. The van der Waals surface area contributed by atoms with Gasteiger partial charge in [0.1, 0.15) is 6.10 Å². The zero-order valence-corrected chi connectivity index (χ0v) is 28.2. The monoisotopic (exact) mass is 565 g/mol.